The van der Waals surface area contributed by atoms with Crippen LogP contribution in [0.15, 0.2) is 24.3 Å². The van der Waals surface area contributed by atoms with Gasteiger partial charge in [0.05, 0.1) is 92.4 Å². The van der Waals surface area contributed by atoms with Crippen LogP contribution < -0.4 is 0 Å². The van der Waals surface area contributed by atoms with Crippen molar-refractivity contribution in [3.8, 4) is 0 Å². The summed E-state index contributed by atoms with van der Waals surface area (Å²) in [6.45, 7) is 8.43. The Bertz CT molecular complexity index is 1360. The van der Waals surface area contributed by atoms with Crippen molar-refractivity contribution in [1.82, 2.24) is 0 Å². The molecule has 0 saturated carbocycles. The normalized spacial score (nSPS) is 52.5. The first-order chi connectivity index (χ1) is 25.1. The van der Waals surface area contributed by atoms with Crippen LogP contribution in [0.3, 0.4) is 0 Å². The lowest BCUT2D eigenvalue weighted by Gasteiger charge is -2.48. The van der Waals surface area contributed by atoms with Crippen LogP contribution in [-0.2, 0) is 47.4 Å². The Balaban J connectivity index is 0.969. The molecule has 9 heterocycles. The van der Waals surface area contributed by atoms with E-state index in [4.69, 9.17) is 42.6 Å². The fraction of sp³-hybridized carbons (Fsp3) is 0.872. The molecule has 0 aromatic carbocycles. The molecule has 13 heteroatoms. The summed E-state index contributed by atoms with van der Waals surface area (Å²) in [6, 6.07) is 0. The van der Waals surface area contributed by atoms with Gasteiger partial charge in [0.2, 0.25) is 0 Å². The van der Waals surface area contributed by atoms with Gasteiger partial charge in [-0.2, -0.15) is 0 Å². The maximum absolute atomic E-state index is 13.7. The summed E-state index contributed by atoms with van der Waals surface area (Å²) in [6.07, 6.45) is 2.21. The molecule has 0 aromatic rings. The highest BCUT2D eigenvalue weighted by Gasteiger charge is 2.59. The zero-order valence-electron chi connectivity index (χ0n) is 30.0. The molecule has 0 amide bonds. The van der Waals surface area contributed by atoms with E-state index in [1.165, 1.54) is 0 Å². The van der Waals surface area contributed by atoms with Crippen molar-refractivity contribution in [3.63, 3.8) is 0 Å². The van der Waals surface area contributed by atoms with Gasteiger partial charge in [-0.15, -0.1) is 0 Å². The van der Waals surface area contributed by atoms with Gasteiger partial charge < -0.3 is 58.0 Å². The van der Waals surface area contributed by atoms with Crippen LogP contribution in [0.2, 0.25) is 0 Å². The Hall–Kier alpha value is -1.49. The molecule has 9 fully saturated rings. The second-order valence-electron chi connectivity index (χ2n) is 17.0. The number of rotatable bonds is 1. The molecule has 3 N–H and O–H groups in total. The van der Waals surface area contributed by atoms with Gasteiger partial charge in [0.15, 0.2) is 5.79 Å². The van der Waals surface area contributed by atoms with Gasteiger partial charge in [-0.1, -0.05) is 13.2 Å². The standard InChI is InChI=1S/C39H56O13/c1-19-3-4-21-5-7-26-20(2)11-23(45-26)9-10-39-17-25(42)37(52-39)33-16-34(51-39)38-27(47-33)8-6-22(46-38)12-36(43)50-32-15-31-29(13-24(41)35(18-40)49-31)48-30(32)14-28(19)44-21/h21-35,37-38,40-42H,1-18H2/t21-,22?,23?,24?,25?,26?,27+,28-,29?,30+,31?,32?,33?,34-,35?,37?,38?,39?/m1/s1. The molecule has 290 valence electrons. The fourth-order valence-electron chi connectivity index (χ4n) is 10.6. The number of fused-ring (bicyclic) bond motifs is 10. The van der Waals surface area contributed by atoms with Crippen LogP contribution in [0.4, 0.5) is 0 Å². The number of ether oxygens (including phenoxy) is 9. The minimum absolute atomic E-state index is 0.0108. The summed E-state index contributed by atoms with van der Waals surface area (Å²) >= 11 is 0. The van der Waals surface area contributed by atoms with Crippen LogP contribution in [0.1, 0.15) is 96.3 Å². The van der Waals surface area contributed by atoms with E-state index >= 15 is 0 Å². The molecule has 18 atom stereocenters. The molecule has 9 aliphatic heterocycles. The van der Waals surface area contributed by atoms with E-state index in [0.29, 0.717) is 57.8 Å². The van der Waals surface area contributed by atoms with Crippen molar-refractivity contribution < 1.29 is 62.7 Å². The lowest BCUT2D eigenvalue weighted by Crippen LogP contribution is -2.58. The quantitative estimate of drug-likeness (QED) is 0.267. The SMILES string of the molecule is C=C1CC2CCC34CC(O)C(O3)C3C[C@@H](O4)C4OC(CC[C@@H]4O3)CC(=O)OC3CC4OC(CO)C(O)CC4O[C@H]3C[C@H]3O[C@H](CCC3=C)CCC1O2. The van der Waals surface area contributed by atoms with Gasteiger partial charge in [0.25, 0.3) is 0 Å². The van der Waals surface area contributed by atoms with E-state index in [9.17, 15) is 20.1 Å². The molecule has 0 aromatic heterocycles. The fourth-order valence-corrected chi connectivity index (χ4v) is 10.6. The van der Waals surface area contributed by atoms with Crippen molar-refractivity contribution in [2.45, 2.75) is 206 Å². The Morgan fingerprint density at radius 2 is 1.37 bits per heavy atom. The number of esters is 1. The summed E-state index contributed by atoms with van der Waals surface area (Å²) in [5.74, 6) is -1.35. The molecule has 9 aliphatic rings. The van der Waals surface area contributed by atoms with E-state index in [0.717, 1.165) is 43.3 Å². The van der Waals surface area contributed by atoms with E-state index in [2.05, 4.69) is 13.2 Å². The van der Waals surface area contributed by atoms with Crippen molar-refractivity contribution >= 4 is 5.97 Å². The van der Waals surface area contributed by atoms with Crippen LogP contribution in [0.25, 0.3) is 0 Å². The zero-order valence-corrected chi connectivity index (χ0v) is 30.0. The number of hydrogen-bond donors (Lipinski definition) is 3. The molecule has 13 unspecified atom stereocenters. The average molecular weight is 733 g/mol. The predicted octanol–water partition coefficient (Wildman–Crippen LogP) is 2.69. The highest BCUT2D eigenvalue weighted by Crippen LogP contribution is 2.49. The Kier molecular flexibility index (Phi) is 10.1. The van der Waals surface area contributed by atoms with Crippen molar-refractivity contribution in [1.29, 1.82) is 0 Å². The number of aliphatic hydroxyl groups excluding tert-OH is 3. The second kappa shape index (κ2) is 14.5. The van der Waals surface area contributed by atoms with Crippen molar-refractivity contribution in [2.24, 2.45) is 0 Å². The maximum Gasteiger partial charge on any atom is 0.308 e. The highest BCUT2D eigenvalue weighted by atomic mass is 16.7. The van der Waals surface area contributed by atoms with Crippen LogP contribution in [0, 0.1) is 0 Å². The maximum atomic E-state index is 13.7. The zero-order chi connectivity index (χ0) is 35.7. The van der Waals surface area contributed by atoms with Gasteiger partial charge in [-0.25, -0.2) is 0 Å². The summed E-state index contributed by atoms with van der Waals surface area (Å²) in [5.41, 5.74) is 2.09. The third kappa shape index (κ3) is 7.06. The van der Waals surface area contributed by atoms with E-state index < -0.39 is 54.6 Å². The molecule has 52 heavy (non-hydrogen) atoms. The Labute approximate surface area is 305 Å². The number of hydrogen-bond acceptors (Lipinski definition) is 13. The molecule has 9 saturated heterocycles. The minimum atomic E-state index is -0.968. The average Bonchev–Trinajstić information content (AvgIpc) is 3.61. The van der Waals surface area contributed by atoms with Gasteiger partial charge in [-0.3, -0.25) is 4.79 Å². The number of carbonyl (C=O) groups is 1. The van der Waals surface area contributed by atoms with Crippen LogP contribution in [-0.4, -0.2) is 137 Å². The van der Waals surface area contributed by atoms with Gasteiger partial charge in [0.1, 0.15) is 24.4 Å². The minimum Gasteiger partial charge on any atom is -0.459 e. The summed E-state index contributed by atoms with van der Waals surface area (Å²) < 4.78 is 58.7. The number of carbonyl (C=O) groups excluding carboxylic acids is 1. The van der Waals surface area contributed by atoms with E-state index in [1.807, 2.05) is 0 Å². The third-order valence-electron chi connectivity index (χ3n) is 13.4. The first-order valence-electron chi connectivity index (χ1n) is 19.9. The Morgan fingerprint density at radius 1 is 0.615 bits per heavy atom. The summed E-state index contributed by atoms with van der Waals surface area (Å²) in [7, 11) is 0. The largest absolute Gasteiger partial charge is 0.459 e. The summed E-state index contributed by atoms with van der Waals surface area (Å²) in [5, 5.41) is 31.6. The first kappa shape index (κ1) is 36.2. The molecular weight excluding hydrogens is 676 g/mol. The smallest absolute Gasteiger partial charge is 0.308 e. The lowest BCUT2D eigenvalue weighted by atomic mass is 9.86. The van der Waals surface area contributed by atoms with E-state index in [1.54, 1.807) is 0 Å². The van der Waals surface area contributed by atoms with Crippen LogP contribution in [0.5, 0.6) is 0 Å². The van der Waals surface area contributed by atoms with Gasteiger partial charge in [-0.05, 0) is 62.5 Å². The topological polar surface area (TPSA) is 161 Å². The molecule has 13 nitrogen and oxygen atoms in total. The molecular formula is C39H56O13. The monoisotopic (exact) mass is 732 g/mol. The van der Waals surface area contributed by atoms with Gasteiger partial charge in [0, 0.05) is 38.5 Å². The second-order valence-corrected chi connectivity index (χ2v) is 17.0. The lowest BCUT2D eigenvalue weighted by molar-refractivity contribution is -0.278. The predicted molar refractivity (Wildman–Crippen MR) is 181 cm³/mol. The Morgan fingerprint density at radius 3 is 2.23 bits per heavy atom. The van der Waals surface area contributed by atoms with Gasteiger partial charge >= 0.3 is 5.97 Å². The van der Waals surface area contributed by atoms with Crippen LogP contribution >= 0.6 is 0 Å². The first-order valence-corrected chi connectivity index (χ1v) is 19.9. The van der Waals surface area contributed by atoms with Crippen molar-refractivity contribution in [2.75, 3.05) is 6.61 Å². The molecule has 10 bridgehead atoms. The third-order valence-corrected chi connectivity index (χ3v) is 13.4. The molecule has 1 spiro atoms. The molecule has 0 radical (unpaired) electrons. The number of aliphatic hydroxyl groups is 3. The summed E-state index contributed by atoms with van der Waals surface area (Å²) in [4.78, 5) is 13.7. The van der Waals surface area contributed by atoms with E-state index in [-0.39, 0.29) is 73.9 Å². The van der Waals surface area contributed by atoms with Crippen molar-refractivity contribution in [3.05, 3.63) is 24.3 Å². The molecule has 0 aliphatic carbocycles. The molecule has 9 rings (SSSR count). The highest BCUT2D eigenvalue weighted by molar-refractivity contribution is 5.70.